The van der Waals surface area contributed by atoms with Gasteiger partial charge in [0.2, 0.25) is 5.88 Å². The largest absolute Gasteiger partial charge is 0.493 e. The van der Waals surface area contributed by atoms with Crippen molar-refractivity contribution in [1.82, 2.24) is 4.57 Å². The van der Waals surface area contributed by atoms with Gasteiger partial charge in [-0.25, -0.2) is 0 Å². The van der Waals surface area contributed by atoms with Gasteiger partial charge in [0.15, 0.2) is 0 Å². The van der Waals surface area contributed by atoms with E-state index in [0.717, 1.165) is 28.2 Å². The molecule has 3 aromatic rings. The van der Waals surface area contributed by atoms with Crippen LogP contribution in [-0.4, -0.2) is 20.8 Å². The Hall–Kier alpha value is -3.52. The standard InChI is InChI=1S/C19H13N3O4S/c23-18-17(9-13-10-20-16-4-2-1-3-15(13)16)27-19(24)21(18)11-12-5-7-14(8-6-12)22(25)26/h1-10,23H,11H2/b13-9-. The van der Waals surface area contributed by atoms with Crippen LogP contribution in [-0.2, 0) is 6.54 Å². The molecule has 0 saturated carbocycles. The van der Waals surface area contributed by atoms with Gasteiger partial charge in [0, 0.05) is 29.5 Å². The average Bonchev–Trinajstić information content (AvgIpc) is 3.19. The van der Waals surface area contributed by atoms with Crippen LogP contribution in [0.3, 0.4) is 0 Å². The molecule has 0 fully saturated rings. The molecule has 2 heterocycles. The zero-order valence-corrected chi connectivity index (χ0v) is 14.7. The summed E-state index contributed by atoms with van der Waals surface area (Å²) in [6.45, 7) is 0.132. The summed E-state index contributed by atoms with van der Waals surface area (Å²) < 4.78 is 1.25. The fourth-order valence-electron chi connectivity index (χ4n) is 2.85. The molecule has 8 heteroatoms. The third-order valence-electron chi connectivity index (χ3n) is 4.23. The number of nitro groups is 1. The number of hydrogen-bond acceptors (Lipinski definition) is 6. The molecule has 134 valence electrons. The number of nitro benzene ring substituents is 1. The van der Waals surface area contributed by atoms with E-state index in [1.54, 1.807) is 24.4 Å². The second-order valence-electron chi connectivity index (χ2n) is 5.94. The van der Waals surface area contributed by atoms with Crippen LogP contribution in [0.4, 0.5) is 11.4 Å². The minimum absolute atomic E-state index is 0.0229. The topological polar surface area (TPSA) is 97.7 Å². The van der Waals surface area contributed by atoms with Crippen molar-refractivity contribution in [2.75, 3.05) is 0 Å². The van der Waals surface area contributed by atoms with Crippen molar-refractivity contribution in [3.05, 3.63) is 84.3 Å². The van der Waals surface area contributed by atoms with Gasteiger partial charge in [-0.15, -0.1) is 0 Å². The summed E-state index contributed by atoms with van der Waals surface area (Å²) in [6, 6.07) is 13.5. The van der Waals surface area contributed by atoms with Gasteiger partial charge in [0.05, 0.1) is 22.0 Å². The maximum absolute atomic E-state index is 12.3. The molecule has 1 aliphatic heterocycles. The van der Waals surface area contributed by atoms with Crippen molar-refractivity contribution in [1.29, 1.82) is 0 Å². The van der Waals surface area contributed by atoms with E-state index < -0.39 is 4.92 Å². The van der Waals surface area contributed by atoms with Gasteiger partial charge in [-0.05, 0) is 17.7 Å². The molecule has 0 unspecified atom stereocenters. The van der Waals surface area contributed by atoms with Gasteiger partial charge in [0.25, 0.3) is 5.69 Å². The van der Waals surface area contributed by atoms with Crippen molar-refractivity contribution in [2.24, 2.45) is 4.99 Å². The fourth-order valence-corrected chi connectivity index (χ4v) is 3.69. The summed E-state index contributed by atoms with van der Waals surface area (Å²) in [6.07, 6.45) is 3.44. The highest BCUT2D eigenvalue weighted by Crippen LogP contribution is 2.34. The van der Waals surface area contributed by atoms with E-state index in [0.29, 0.717) is 10.4 Å². The molecular weight excluding hydrogens is 366 g/mol. The second-order valence-corrected chi connectivity index (χ2v) is 6.93. The van der Waals surface area contributed by atoms with E-state index >= 15 is 0 Å². The van der Waals surface area contributed by atoms with E-state index in [2.05, 4.69) is 4.99 Å². The highest BCUT2D eigenvalue weighted by atomic mass is 32.1. The summed E-state index contributed by atoms with van der Waals surface area (Å²) in [5, 5.41) is 21.2. The smallest absolute Gasteiger partial charge is 0.310 e. The Bertz CT molecular complexity index is 1160. The first kappa shape index (κ1) is 16.9. The number of benzene rings is 2. The number of thiazole rings is 1. The molecule has 4 rings (SSSR count). The Morgan fingerprint density at radius 2 is 1.93 bits per heavy atom. The van der Waals surface area contributed by atoms with E-state index in [4.69, 9.17) is 0 Å². The van der Waals surface area contributed by atoms with E-state index in [9.17, 15) is 20.0 Å². The van der Waals surface area contributed by atoms with E-state index in [1.165, 1.54) is 16.7 Å². The number of allylic oxidation sites excluding steroid dienone is 1. The predicted molar refractivity (Wildman–Crippen MR) is 105 cm³/mol. The molecule has 0 radical (unpaired) electrons. The number of aromatic nitrogens is 1. The zero-order chi connectivity index (χ0) is 19.0. The van der Waals surface area contributed by atoms with Crippen molar-refractivity contribution in [3.8, 4) is 5.88 Å². The minimum atomic E-state index is -0.483. The third-order valence-corrected chi connectivity index (χ3v) is 5.14. The predicted octanol–water partition coefficient (Wildman–Crippen LogP) is 3.83. The molecule has 0 atom stereocenters. The average molecular weight is 379 g/mol. The van der Waals surface area contributed by atoms with Crippen LogP contribution < -0.4 is 4.87 Å². The van der Waals surface area contributed by atoms with Crippen LogP contribution in [0.25, 0.3) is 11.6 Å². The Kier molecular flexibility index (Phi) is 4.17. The molecule has 0 aliphatic carbocycles. The molecule has 1 aliphatic rings. The lowest BCUT2D eigenvalue weighted by Gasteiger charge is -2.04. The lowest BCUT2D eigenvalue weighted by Crippen LogP contribution is -2.13. The first-order valence-corrected chi connectivity index (χ1v) is 8.85. The first-order chi connectivity index (χ1) is 13.0. The van der Waals surface area contributed by atoms with Crippen LogP contribution in [0.2, 0.25) is 0 Å². The number of nitrogens with zero attached hydrogens (tertiary/aromatic N) is 3. The molecular formula is C19H13N3O4S. The van der Waals surface area contributed by atoms with Crippen molar-refractivity contribution in [3.63, 3.8) is 0 Å². The Balaban J connectivity index is 1.65. The molecule has 1 aromatic heterocycles. The van der Waals surface area contributed by atoms with Gasteiger partial charge >= 0.3 is 4.87 Å². The van der Waals surface area contributed by atoms with Crippen LogP contribution in [0.15, 0.2) is 58.3 Å². The fraction of sp³-hybridized carbons (Fsp3) is 0.0526. The number of aromatic hydroxyl groups is 1. The van der Waals surface area contributed by atoms with Gasteiger partial charge in [-0.1, -0.05) is 41.7 Å². The highest BCUT2D eigenvalue weighted by Gasteiger charge is 2.17. The van der Waals surface area contributed by atoms with Gasteiger partial charge < -0.3 is 5.11 Å². The maximum atomic E-state index is 12.3. The second kappa shape index (κ2) is 6.65. The van der Waals surface area contributed by atoms with Crippen molar-refractivity contribution < 1.29 is 10.0 Å². The number of non-ortho nitro benzene ring substituents is 1. The number of rotatable bonds is 4. The number of hydrogen-bond donors (Lipinski definition) is 1. The van der Waals surface area contributed by atoms with E-state index in [1.807, 2.05) is 24.3 Å². The van der Waals surface area contributed by atoms with Crippen molar-refractivity contribution in [2.45, 2.75) is 6.54 Å². The summed E-state index contributed by atoms with van der Waals surface area (Å²) in [7, 11) is 0. The number of fused-ring (bicyclic) bond motifs is 1. The number of aliphatic imine (C=N–C) groups is 1. The first-order valence-electron chi connectivity index (χ1n) is 8.04. The maximum Gasteiger partial charge on any atom is 0.310 e. The highest BCUT2D eigenvalue weighted by molar-refractivity contribution is 7.10. The summed E-state index contributed by atoms with van der Waals surface area (Å²) >= 11 is 0.941. The zero-order valence-electron chi connectivity index (χ0n) is 13.9. The van der Waals surface area contributed by atoms with Gasteiger partial charge in [-0.3, -0.25) is 24.5 Å². The molecule has 0 saturated heterocycles. The monoisotopic (exact) mass is 379 g/mol. The third kappa shape index (κ3) is 3.18. The Morgan fingerprint density at radius 1 is 1.19 bits per heavy atom. The quantitative estimate of drug-likeness (QED) is 0.550. The van der Waals surface area contributed by atoms with Crippen LogP contribution in [0.1, 0.15) is 16.0 Å². The molecule has 0 spiro atoms. The summed E-state index contributed by atoms with van der Waals surface area (Å²) in [4.78, 5) is 27.0. The Morgan fingerprint density at radius 3 is 2.67 bits per heavy atom. The van der Waals surface area contributed by atoms with Crippen molar-refractivity contribution >= 4 is 40.6 Å². The Labute approximate surface area is 157 Å². The van der Waals surface area contributed by atoms with E-state index in [-0.39, 0.29) is 23.0 Å². The number of para-hydroxylation sites is 1. The molecule has 7 nitrogen and oxygen atoms in total. The molecule has 0 bridgehead atoms. The lowest BCUT2D eigenvalue weighted by molar-refractivity contribution is -0.384. The van der Waals surface area contributed by atoms with Gasteiger partial charge in [-0.2, -0.15) is 0 Å². The van der Waals surface area contributed by atoms with Gasteiger partial charge in [0.1, 0.15) is 0 Å². The van der Waals surface area contributed by atoms with Crippen LogP contribution in [0.5, 0.6) is 5.88 Å². The van der Waals surface area contributed by atoms with Crippen LogP contribution in [0, 0.1) is 10.1 Å². The SMILES string of the molecule is O=c1sc(/C=C2/C=Nc3ccccc32)c(O)n1Cc1ccc([N+](=O)[O-])cc1. The normalized spacial score (nSPS) is 13.9. The summed E-state index contributed by atoms with van der Waals surface area (Å²) in [5.41, 5.74) is 3.28. The minimum Gasteiger partial charge on any atom is -0.493 e. The molecule has 27 heavy (non-hydrogen) atoms. The molecule has 0 amide bonds. The molecule has 1 N–H and O–H groups in total. The lowest BCUT2D eigenvalue weighted by atomic mass is 10.1. The van der Waals surface area contributed by atoms with Crippen LogP contribution >= 0.6 is 11.3 Å². The summed E-state index contributed by atoms with van der Waals surface area (Å²) in [5.74, 6) is -0.131. The molecule has 2 aromatic carbocycles.